The lowest BCUT2D eigenvalue weighted by atomic mass is 10.3. The number of thiophene rings is 2. The molecule has 7 heteroatoms. The maximum absolute atomic E-state index is 11.8. The molecule has 0 saturated heterocycles. The number of carboxylic acid groups (broad SMARTS) is 1. The Hall–Kier alpha value is -1.37. The first-order valence-corrected chi connectivity index (χ1v) is 6.58. The van der Waals surface area contributed by atoms with Crippen LogP contribution in [0.4, 0.5) is 5.69 Å². The minimum absolute atomic E-state index is 0.103. The third kappa shape index (κ3) is 2.49. The zero-order chi connectivity index (χ0) is 12.4. The first-order valence-electron chi connectivity index (χ1n) is 4.44. The Morgan fingerprint density at radius 1 is 1.18 bits per heavy atom. The van der Waals surface area contributed by atoms with Gasteiger partial charge in [-0.3, -0.25) is 4.79 Å². The van der Waals surface area contributed by atoms with E-state index in [1.165, 1.54) is 11.3 Å². The van der Waals surface area contributed by atoms with Gasteiger partial charge in [0.2, 0.25) is 0 Å². The summed E-state index contributed by atoms with van der Waals surface area (Å²) in [6.45, 7) is 0. The average Bonchev–Trinajstić information content (AvgIpc) is 2.86. The van der Waals surface area contributed by atoms with Gasteiger partial charge in [0.25, 0.3) is 5.91 Å². The smallest absolute Gasteiger partial charge is 0.348 e. The molecule has 0 unspecified atom stereocenters. The monoisotopic (exact) mass is 287 g/mol. The molecule has 2 N–H and O–H groups in total. The normalized spacial score (nSPS) is 10.2. The van der Waals surface area contributed by atoms with E-state index in [0.29, 0.717) is 9.90 Å². The van der Waals surface area contributed by atoms with Gasteiger partial charge in [-0.05, 0) is 22.9 Å². The number of carbonyl (C=O) groups excluding carboxylic acids is 1. The summed E-state index contributed by atoms with van der Waals surface area (Å²) in [5.41, 5.74) is 0.289. The third-order valence-electron chi connectivity index (χ3n) is 1.93. The predicted molar refractivity (Wildman–Crippen MR) is 68.6 cm³/mol. The van der Waals surface area contributed by atoms with Crippen molar-refractivity contribution in [2.45, 2.75) is 0 Å². The lowest BCUT2D eigenvalue weighted by Gasteiger charge is -2.02. The largest absolute Gasteiger partial charge is 0.477 e. The first-order chi connectivity index (χ1) is 8.09. The van der Waals surface area contributed by atoms with E-state index in [-0.39, 0.29) is 10.6 Å². The summed E-state index contributed by atoms with van der Waals surface area (Å²) in [4.78, 5) is 23.1. The van der Waals surface area contributed by atoms with Gasteiger partial charge >= 0.3 is 5.97 Å². The molecular weight excluding hydrogens is 282 g/mol. The number of halogens is 1. The fourth-order valence-electron chi connectivity index (χ4n) is 1.21. The Kier molecular flexibility index (Phi) is 3.46. The molecule has 2 heterocycles. The van der Waals surface area contributed by atoms with Crippen molar-refractivity contribution in [3.63, 3.8) is 0 Å². The molecule has 0 aliphatic heterocycles. The molecule has 0 bridgehead atoms. The van der Waals surface area contributed by atoms with E-state index in [1.54, 1.807) is 22.9 Å². The number of carbonyl (C=O) groups is 2. The number of aromatic carboxylic acids is 1. The number of amides is 1. The molecule has 17 heavy (non-hydrogen) atoms. The lowest BCUT2D eigenvalue weighted by Crippen LogP contribution is -2.12. The molecular formula is C10H6ClNO3S2. The maximum atomic E-state index is 11.8. The summed E-state index contributed by atoms with van der Waals surface area (Å²) in [5.74, 6) is -1.46. The van der Waals surface area contributed by atoms with Crippen LogP contribution in [0.1, 0.15) is 19.3 Å². The lowest BCUT2D eigenvalue weighted by molar-refractivity contribution is 0.0703. The van der Waals surface area contributed by atoms with Crippen molar-refractivity contribution >= 4 is 51.8 Å². The highest BCUT2D eigenvalue weighted by atomic mass is 35.5. The van der Waals surface area contributed by atoms with Gasteiger partial charge in [0, 0.05) is 0 Å². The van der Waals surface area contributed by atoms with E-state index in [0.717, 1.165) is 11.3 Å². The topological polar surface area (TPSA) is 66.4 Å². The van der Waals surface area contributed by atoms with Crippen LogP contribution in [0.2, 0.25) is 5.02 Å². The Labute approximate surface area is 109 Å². The SMILES string of the molecule is O=C(Nc1ccsc1C(=O)O)c1sccc1Cl. The second-order valence-electron chi connectivity index (χ2n) is 3.02. The quantitative estimate of drug-likeness (QED) is 0.909. The molecule has 2 aromatic heterocycles. The van der Waals surface area contributed by atoms with Crippen LogP contribution in [-0.4, -0.2) is 17.0 Å². The molecule has 1 amide bonds. The molecule has 0 radical (unpaired) electrons. The van der Waals surface area contributed by atoms with Gasteiger partial charge in [-0.25, -0.2) is 4.79 Å². The number of hydrogen-bond acceptors (Lipinski definition) is 4. The summed E-state index contributed by atoms with van der Waals surface area (Å²) >= 11 is 8.08. The van der Waals surface area contributed by atoms with Crippen molar-refractivity contribution in [1.29, 1.82) is 0 Å². The predicted octanol–water partition coefficient (Wildman–Crippen LogP) is 3.41. The highest BCUT2D eigenvalue weighted by molar-refractivity contribution is 7.13. The second-order valence-corrected chi connectivity index (χ2v) is 5.26. The van der Waals surface area contributed by atoms with Gasteiger partial charge in [0.1, 0.15) is 9.75 Å². The van der Waals surface area contributed by atoms with Crippen molar-refractivity contribution in [2.24, 2.45) is 0 Å². The van der Waals surface area contributed by atoms with Crippen LogP contribution < -0.4 is 5.32 Å². The zero-order valence-electron chi connectivity index (χ0n) is 8.27. The van der Waals surface area contributed by atoms with Crippen LogP contribution in [0, 0.1) is 0 Å². The Bertz CT molecular complexity index is 576. The minimum atomic E-state index is -1.06. The van der Waals surface area contributed by atoms with Crippen LogP contribution in [-0.2, 0) is 0 Å². The van der Waals surface area contributed by atoms with Gasteiger partial charge in [-0.15, -0.1) is 22.7 Å². The Balaban J connectivity index is 2.22. The van der Waals surface area contributed by atoms with Gasteiger partial charge in [-0.2, -0.15) is 0 Å². The third-order valence-corrected chi connectivity index (χ3v) is 4.17. The molecule has 2 rings (SSSR count). The van der Waals surface area contributed by atoms with Gasteiger partial charge < -0.3 is 10.4 Å². The number of hydrogen-bond donors (Lipinski definition) is 2. The number of nitrogens with one attached hydrogen (secondary N) is 1. The van der Waals surface area contributed by atoms with E-state index in [4.69, 9.17) is 16.7 Å². The summed E-state index contributed by atoms with van der Waals surface area (Å²) in [6.07, 6.45) is 0. The Morgan fingerprint density at radius 3 is 2.41 bits per heavy atom. The van der Waals surface area contributed by atoms with Gasteiger partial charge in [-0.1, -0.05) is 11.6 Å². The molecule has 0 saturated carbocycles. The summed E-state index contributed by atoms with van der Waals surface area (Å²) in [5, 5.41) is 15.1. The fraction of sp³-hybridized carbons (Fsp3) is 0. The van der Waals surface area contributed by atoms with Crippen molar-refractivity contribution < 1.29 is 14.7 Å². The van der Waals surface area contributed by atoms with Crippen molar-refractivity contribution in [3.8, 4) is 0 Å². The summed E-state index contributed by atoms with van der Waals surface area (Å²) in [7, 11) is 0. The van der Waals surface area contributed by atoms with E-state index >= 15 is 0 Å². The van der Waals surface area contributed by atoms with Crippen LogP contribution in [0.15, 0.2) is 22.9 Å². The first kappa shape index (κ1) is 12.1. The highest BCUT2D eigenvalue weighted by Gasteiger charge is 2.17. The number of anilines is 1. The van der Waals surface area contributed by atoms with Crippen LogP contribution in [0.3, 0.4) is 0 Å². The van der Waals surface area contributed by atoms with Crippen molar-refractivity contribution in [1.82, 2.24) is 0 Å². The molecule has 2 aromatic rings. The standard InChI is InChI=1S/C10H6ClNO3S2/c11-5-1-3-16-7(5)9(13)12-6-2-4-17-8(6)10(14)15/h1-4H,(H,12,13)(H,14,15). The summed E-state index contributed by atoms with van der Waals surface area (Å²) in [6, 6.07) is 3.17. The average molecular weight is 288 g/mol. The second kappa shape index (κ2) is 4.87. The molecule has 0 aliphatic rings. The van der Waals surface area contributed by atoms with Crippen molar-refractivity contribution in [3.05, 3.63) is 37.7 Å². The van der Waals surface area contributed by atoms with Crippen LogP contribution in [0.25, 0.3) is 0 Å². The van der Waals surface area contributed by atoms with Gasteiger partial charge in [0.15, 0.2) is 0 Å². The maximum Gasteiger partial charge on any atom is 0.348 e. The number of rotatable bonds is 3. The fourth-order valence-corrected chi connectivity index (χ4v) is 2.93. The number of carboxylic acids is 1. The molecule has 0 atom stereocenters. The molecule has 0 fully saturated rings. The summed E-state index contributed by atoms with van der Waals surface area (Å²) < 4.78 is 0. The zero-order valence-corrected chi connectivity index (χ0v) is 10.7. The Morgan fingerprint density at radius 2 is 1.82 bits per heavy atom. The minimum Gasteiger partial charge on any atom is -0.477 e. The van der Waals surface area contributed by atoms with Crippen molar-refractivity contribution in [2.75, 3.05) is 5.32 Å². The van der Waals surface area contributed by atoms with Crippen LogP contribution >= 0.6 is 34.3 Å². The molecule has 4 nitrogen and oxygen atoms in total. The highest BCUT2D eigenvalue weighted by Crippen LogP contribution is 2.26. The molecule has 0 spiro atoms. The van der Waals surface area contributed by atoms with E-state index in [9.17, 15) is 9.59 Å². The molecule has 0 aromatic carbocycles. The van der Waals surface area contributed by atoms with E-state index in [1.807, 2.05) is 0 Å². The molecule has 0 aliphatic carbocycles. The van der Waals surface area contributed by atoms with Gasteiger partial charge in [0.05, 0.1) is 10.7 Å². The van der Waals surface area contributed by atoms with E-state index in [2.05, 4.69) is 5.32 Å². The van der Waals surface area contributed by atoms with E-state index < -0.39 is 11.9 Å². The molecule has 88 valence electrons. The van der Waals surface area contributed by atoms with Crippen LogP contribution in [0.5, 0.6) is 0 Å².